The average molecular weight is 405 g/mol. The Balaban J connectivity index is 1.80. The highest BCUT2D eigenvalue weighted by Crippen LogP contribution is 2.25. The Morgan fingerprint density at radius 2 is 1.79 bits per heavy atom. The lowest BCUT2D eigenvalue weighted by Gasteiger charge is -2.33. The fourth-order valence-electron chi connectivity index (χ4n) is 3.01. The number of carbonyl (C=O) groups excluding carboxylic acids is 1. The van der Waals surface area contributed by atoms with E-state index in [-0.39, 0.29) is 17.3 Å². The molecule has 2 N–H and O–H groups in total. The van der Waals surface area contributed by atoms with Crippen molar-refractivity contribution in [2.24, 2.45) is 10.9 Å². The zero-order valence-corrected chi connectivity index (χ0v) is 15.8. The van der Waals surface area contributed by atoms with Gasteiger partial charge in [0.05, 0.1) is 16.5 Å². The average Bonchev–Trinajstić information content (AvgIpc) is 2.72. The first-order chi connectivity index (χ1) is 13.4. The number of hydrogen-bond acceptors (Lipinski definition) is 5. The van der Waals surface area contributed by atoms with E-state index in [4.69, 9.17) is 10.6 Å². The Kier molecular flexibility index (Phi) is 6.05. The zero-order valence-electron chi connectivity index (χ0n) is 15.0. The van der Waals surface area contributed by atoms with Crippen molar-refractivity contribution in [1.29, 1.82) is 0 Å². The van der Waals surface area contributed by atoms with Crippen LogP contribution >= 0.6 is 0 Å². The second kappa shape index (κ2) is 8.49. The quantitative estimate of drug-likeness (QED) is 0.356. The van der Waals surface area contributed by atoms with Gasteiger partial charge in [0.1, 0.15) is 5.82 Å². The van der Waals surface area contributed by atoms with Crippen molar-refractivity contribution >= 4 is 21.8 Å². The molecule has 0 bridgehead atoms. The van der Waals surface area contributed by atoms with E-state index in [1.165, 1.54) is 16.4 Å². The van der Waals surface area contributed by atoms with Crippen molar-refractivity contribution in [2.75, 3.05) is 6.54 Å². The van der Waals surface area contributed by atoms with Gasteiger partial charge in [0.25, 0.3) is 0 Å². The van der Waals surface area contributed by atoms with Crippen LogP contribution in [-0.4, -0.2) is 37.1 Å². The Hall–Kier alpha value is -2.78. The van der Waals surface area contributed by atoms with Crippen molar-refractivity contribution in [2.45, 2.75) is 30.2 Å². The maximum Gasteiger partial charge on any atom is 0.365 e. The third-order valence-corrected chi connectivity index (χ3v) is 6.38. The maximum atomic E-state index is 13.1. The molecule has 1 atom stereocenters. The van der Waals surface area contributed by atoms with Crippen molar-refractivity contribution < 1.29 is 22.4 Å². The van der Waals surface area contributed by atoms with Gasteiger partial charge in [0.2, 0.25) is 10.0 Å². The SMILES string of the molecule is NC(=NOC(=O)c1ccccc1)[C@@H]1CCCCN1S(=O)(=O)c1ccc(F)cc1. The molecule has 0 spiro atoms. The first kappa shape index (κ1) is 20.0. The number of amidine groups is 1. The van der Waals surface area contributed by atoms with Crippen molar-refractivity contribution in [3.05, 3.63) is 66.0 Å². The predicted molar refractivity (Wildman–Crippen MR) is 101 cm³/mol. The van der Waals surface area contributed by atoms with Gasteiger partial charge in [-0.3, -0.25) is 0 Å². The Morgan fingerprint density at radius 1 is 1.11 bits per heavy atom. The van der Waals surface area contributed by atoms with Crippen LogP contribution in [0.5, 0.6) is 0 Å². The smallest absolute Gasteiger partial charge is 0.365 e. The number of sulfonamides is 1. The first-order valence-electron chi connectivity index (χ1n) is 8.77. The second-order valence-corrected chi connectivity index (χ2v) is 8.23. The van der Waals surface area contributed by atoms with E-state index in [9.17, 15) is 17.6 Å². The Morgan fingerprint density at radius 3 is 2.46 bits per heavy atom. The van der Waals surface area contributed by atoms with Crippen molar-refractivity contribution in [3.8, 4) is 0 Å². The summed E-state index contributed by atoms with van der Waals surface area (Å²) in [6.07, 6.45) is 1.86. The van der Waals surface area contributed by atoms with Gasteiger partial charge in [-0.05, 0) is 49.2 Å². The van der Waals surface area contributed by atoms with Crippen LogP contribution in [0, 0.1) is 5.82 Å². The number of carbonyl (C=O) groups is 1. The lowest BCUT2D eigenvalue weighted by Crippen LogP contribution is -2.50. The van der Waals surface area contributed by atoms with Crippen molar-refractivity contribution in [1.82, 2.24) is 4.31 Å². The normalized spacial score (nSPS) is 18.6. The summed E-state index contributed by atoms with van der Waals surface area (Å²) in [6, 6.07) is 12.1. The Labute approximate surface area is 162 Å². The summed E-state index contributed by atoms with van der Waals surface area (Å²) >= 11 is 0. The number of nitrogens with zero attached hydrogens (tertiary/aromatic N) is 2. The van der Waals surface area contributed by atoms with Crippen LogP contribution in [0.2, 0.25) is 0 Å². The molecule has 0 amide bonds. The molecule has 1 fully saturated rings. The fraction of sp³-hybridized carbons (Fsp3) is 0.263. The molecule has 9 heteroatoms. The van der Waals surface area contributed by atoms with E-state index in [2.05, 4.69) is 5.16 Å². The molecular formula is C19H20FN3O4S. The van der Waals surface area contributed by atoms with Gasteiger partial charge < -0.3 is 10.6 Å². The molecular weight excluding hydrogens is 385 g/mol. The summed E-state index contributed by atoms with van der Waals surface area (Å²) in [6.45, 7) is 0.243. The fourth-order valence-corrected chi connectivity index (χ4v) is 4.68. The molecule has 2 aromatic carbocycles. The topological polar surface area (TPSA) is 102 Å². The molecule has 0 saturated carbocycles. The minimum Gasteiger partial charge on any atom is -0.383 e. The number of oxime groups is 1. The highest BCUT2D eigenvalue weighted by atomic mass is 32.2. The molecule has 1 heterocycles. The molecule has 0 radical (unpaired) electrons. The maximum absolute atomic E-state index is 13.1. The van der Waals surface area contributed by atoms with E-state index < -0.39 is 27.9 Å². The first-order valence-corrected chi connectivity index (χ1v) is 10.2. The summed E-state index contributed by atoms with van der Waals surface area (Å²) in [5, 5.41) is 3.67. The van der Waals surface area contributed by atoms with Crippen LogP contribution in [0.1, 0.15) is 29.6 Å². The summed E-state index contributed by atoms with van der Waals surface area (Å²) in [5.41, 5.74) is 6.27. The minimum absolute atomic E-state index is 0.0325. The molecule has 2 aromatic rings. The number of hydrogen-bond donors (Lipinski definition) is 1. The number of halogens is 1. The summed E-state index contributed by atoms with van der Waals surface area (Å²) < 4.78 is 40.3. The molecule has 1 aliphatic heterocycles. The minimum atomic E-state index is -3.90. The molecule has 7 nitrogen and oxygen atoms in total. The number of piperidine rings is 1. The summed E-state index contributed by atoms with van der Waals surface area (Å²) in [4.78, 5) is 16.9. The van der Waals surface area contributed by atoms with Crippen molar-refractivity contribution in [3.63, 3.8) is 0 Å². The number of rotatable bonds is 5. The molecule has 0 aliphatic carbocycles. The van der Waals surface area contributed by atoms with E-state index in [0.717, 1.165) is 18.6 Å². The van der Waals surface area contributed by atoms with Crippen LogP contribution < -0.4 is 5.73 Å². The van der Waals surface area contributed by atoms with Crippen LogP contribution in [0.15, 0.2) is 64.6 Å². The van der Waals surface area contributed by atoms with E-state index in [1.54, 1.807) is 30.3 Å². The van der Waals surface area contributed by atoms with Gasteiger partial charge in [0.15, 0.2) is 5.84 Å². The number of benzene rings is 2. The van der Waals surface area contributed by atoms with E-state index in [0.29, 0.717) is 18.4 Å². The van der Waals surface area contributed by atoms with Gasteiger partial charge in [-0.25, -0.2) is 17.6 Å². The van der Waals surface area contributed by atoms with Gasteiger partial charge in [-0.1, -0.05) is 29.8 Å². The summed E-state index contributed by atoms with van der Waals surface area (Å²) in [5.74, 6) is -1.31. The highest BCUT2D eigenvalue weighted by Gasteiger charge is 2.36. The third-order valence-electron chi connectivity index (χ3n) is 4.46. The molecule has 3 rings (SSSR count). The van der Waals surface area contributed by atoms with Crippen LogP contribution in [0.25, 0.3) is 0 Å². The molecule has 0 unspecified atom stereocenters. The standard InChI is InChI=1S/C19H20FN3O4S/c20-15-9-11-16(12-10-15)28(25,26)23-13-5-4-8-17(23)18(21)22-27-19(24)14-6-2-1-3-7-14/h1-3,6-7,9-12,17H,4-5,8,13H2,(H2,21,22)/t17-/m0/s1. The molecule has 28 heavy (non-hydrogen) atoms. The van der Waals surface area contributed by atoms with Gasteiger partial charge >= 0.3 is 5.97 Å². The Bertz CT molecular complexity index is 962. The van der Waals surface area contributed by atoms with Gasteiger partial charge in [-0.15, -0.1) is 0 Å². The predicted octanol–water partition coefficient (Wildman–Crippen LogP) is 2.50. The number of nitrogens with two attached hydrogens (primary N) is 1. The molecule has 1 saturated heterocycles. The lowest BCUT2D eigenvalue weighted by molar-refractivity contribution is 0.0512. The zero-order chi connectivity index (χ0) is 20.1. The lowest BCUT2D eigenvalue weighted by atomic mass is 10.0. The monoisotopic (exact) mass is 405 g/mol. The van der Waals surface area contributed by atoms with Crippen LogP contribution in [-0.2, 0) is 14.9 Å². The molecule has 0 aromatic heterocycles. The van der Waals surface area contributed by atoms with Gasteiger partial charge in [-0.2, -0.15) is 4.31 Å². The van der Waals surface area contributed by atoms with E-state index in [1.807, 2.05) is 0 Å². The van der Waals surface area contributed by atoms with Gasteiger partial charge in [0, 0.05) is 6.54 Å². The van der Waals surface area contributed by atoms with Crippen LogP contribution in [0.3, 0.4) is 0 Å². The third kappa shape index (κ3) is 4.37. The molecule has 1 aliphatic rings. The van der Waals surface area contributed by atoms with Crippen LogP contribution in [0.4, 0.5) is 4.39 Å². The summed E-state index contributed by atoms with van der Waals surface area (Å²) in [7, 11) is -3.90. The second-order valence-electron chi connectivity index (χ2n) is 6.34. The van der Waals surface area contributed by atoms with E-state index >= 15 is 0 Å². The largest absolute Gasteiger partial charge is 0.383 e. The molecule has 148 valence electrons. The highest BCUT2D eigenvalue weighted by molar-refractivity contribution is 7.89.